The summed E-state index contributed by atoms with van der Waals surface area (Å²) in [6, 6.07) is 12.1. The van der Waals surface area contributed by atoms with E-state index in [-0.39, 0.29) is 5.97 Å². The smallest absolute Gasteiger partial charge is 0.337 e. The summed E-state index contributed by atoms with van der Waals surface area (Å²) in [5.41, 5.74) is 4.27. The summed E-state index contributed by atoms with van der Waals surface area (Å²) in [5, 5.41) is 0. The van der Waals surface area contributed by atoms with Crippen LogP contribution in [0, 0.1) is 13.8 Å². The van der Waals surface area contributed by atoms with Gasteiger partial charge in [-0.1, -0.05) is 39.7 Å². The van der Waals surface area contributed by atoms with Crippen molar-refractivity contribution >= 4 is 33.7 Å². The second-order valence-electron chi connectivity index (χ2n) is 4.86. The van der Waals surface area contributed by atoms with E-state index in [1.165, 1.54) is 23.1 Å². The zero-order valence-corrected chi connectivity index (χ0v) is 14.7. The van der Waals surface area contributed by atoms with Crippen LogP contribution in [0.25, 0.3) is 0 Å². The zero-order chi connectivity index (χ0) is 15.4. The molecule has 0 aliphatic rings. The highest BCUT2D eigenvalue weighted by Gasteiger charge is 2.09. The van der Waals surface area contributed by atoms with Crippen LogP contribution in [0.1, 0.15) is 27.0 Å². The number of carbonyl (C=O) groups excluding carboxylic acids is 1. The molecular formula is C17H17BrO2S. The molecule has 2 nitrogen and oxygen atoms in total. The summed E-state index contributed by atoms with van der Waals surface area (Å²) in [7, 11) is 1.39. The molecule has 0 atom stereocenters. The first-order valence-electron chi connectivity index (χ1n) is 6.58. The second kappa shape index (κ2) is 7.14. The van der Waals surface area contributed by atoms with Crippen molar-refractivity contribution < 1.29 is 9.53 Å². The first-order chi connectivity index (χ1) is 10.0. The minimum atomic E-state index is -0.315. The Bertz CT molecular complexity index is 668. The average molecular weight is 365 g/mol. The maximum absolute atomic E-state index is 11.5. The van der Waals surface area contributed by atoms with Gasteiger partial charge in [0.05, 0.1) is 12.7 Å². The third-order valence-corrected chi connectivity index (χ3v) is 5.15. The Morgan fingerprint density at radius 2 is 1.95 bits per heavy atom. The van der Waals surface area contributed by atoms with Gasteiger partial charge in [-0.2, -0.15) is 0 Å². The molecular weight excluding hydrogens is 348 g/mol. The van der Waals surface area contributed by atoms with Crippen molar-refractivity contribution in [3.8, 4) is 0 Å². The van der Waals surface area contributed by atoms with Crippen molar-refractivity contribution in [1.82, 2.24) is 0 Å². The lowest BCUT2D eigenvalue weighted by molar-refractivity contribution is 0.0600. The van der Waals surface area contributed by atoms with Gasteiger partial charge in [0.15, 0.2) is 0 Å². The minimum Gasteiger partial charge on any atom is -0.465 e. The number of methoxy groups -OCH3 is 1. The Morgan fingerprint density at radius 3 is 2.62 bits per heavy atom. The molecule has 21 heavy (non-hydrogen) atoms. The topological polar surface area (TPSA) is 26.3 Å². The van der Waals surface area contributed by atoms with Crippen LogP contribution in [0.2, 0.25) is 0 Å². The van der Waals surface area contributed by atoms with Gasteiger partial charge < -0.3 is 4.74 Å². The maximum atomic E-state index is 11.5. The highest BCUT2D eigenvalue weighted by Crippen LogP contribution is 2.30. The van der Waals surface area contributed by atoms with E-state index in [0.717, 1.165) is 15.8 Å². The largest absolute Gasteiger partial charge is 0.465 e. The van der Waals surface area contributed by atoms with Gasteiger partial charge in [0.25, 0.3) is 0 Å². The third kappa shape index (κ3) is 4.11. The quantitative estimate of drug-likeness (QED) is 0.554. The molecule has 0 radical (unpaired) electrons. The molecule has 0 unspecified atom stereocenters. The molecule has 0 fully saturated rings. The number of ether oxygens (including phenoxy) is 1. The Morgan fingerprint density at radius 1 is 1.19 bits per heavy atom. The summed E-state index contributed by atoms with van der Waals surface area (Å²) in [4.78, 5) is 12.8. The van der Waals surface area contributed by atoms with Gasteiger partial charge in [-0.25, -0.2) is 4.79 Å². The van der Waals surface area contributed by atoms with Crippen LogP contribution in [0.3, 0.4) is 0 Å². The van der Waals surface area contributed by atoms with E-state index in [4.69, 9.17) is 4.74 Å². The Labute approximate surface area is 138 Å². The van der Waals surface area contributed by atoms with Crippen molar-refractivity contribution in [3.63, 3.8) is 0 Å². The lowest BCUT2D eigenvalue weighted by atomic mass is 10.1. The molecule has 2 rings (SSSR count). The monoisotopic (exact) mass is 364 g/mol. The van der Waals surface area contributed by atoms with Gasteiger partial charge in [-0.3, -0.25) is 0 Å². The summed E-state index contributed by atoms with van der Waals surface area (Å²) in [6.45, 7) is 4.22. The van der Waals surface area contributed by atoms with Crippen LogP contribution in [-0.4, -0.2) is 13.1 Å². The number of hydrogen-bond donors (Lipinski definition) is 0. The van der Waals surface area contributed by atoms with E-state index in [2.05, 4.69) is 48.0 Å². The van der Waals surface area contributed by atoms with Crippen LogP contribution in [0.4, 0.5) is 0 Å². The van der Waals surface area contributed by atoms with Crippen LogP contribution in [0.15, 0.2) is 45.8 Å². The number of carbonyl (C=O) groups is 1. The van der Waals surface area contributed by atoms with E-state index in [1.54, 1.807) is 17.8 Å². The van der Waals surface area contributed by atoms with E-state index < -0.39 is 0 Å². The predicted molar refractivity (Wildman–Crippen MR) is 91.0 cm³/mol. The third-order valence-electron chi connectivity index (χ3n) is 3.20. The lowest BCUT2D eigenvalue weighted by Gasteiger charge is -2.09. The summed E-state index contributed by atoms with van der Waals surface area (Å²) >= 11 is 5.33. The van der Waals surface area contributed by atoms with Gasteiger partial charge in [0.2, 0.25) is 0 Å². The summed E-state index contributed by atoms with van der Waals surface area (Å²) < 4.78 is 5.66. The van der Waals surface area contributed by atoms with Crippen LogP contribution in [0.5, 0.6) is 0 Å². The normalized spacial score (nSPS) is 10.5. The molecule has 0 aromatic heterocycles. The fourth-order valence-corrected chi connectivity index (χ4v) is 3.76. The SMILES string of the molecule is COC(=O)c1ccc(CSc2cc(C)ccc2C)c(Br)c1. The lowest BCUT2D eigenvalue weighted by Crippen LogP contribution is -2.01. The first-order valence-corrected chi connectivity index (χ1v) is 8.36. The highest BCUT2D eigenvalue weighted by atomic mass is 79.9. The summed E-state index contributed by atoms with van der Waals surface area (Å²) in [6.07, 6.45) is 0. The molecule has 4 heteroatoms. The predicted octanol–water partition coefficient (Wildman–Crippen LogP) is 5.14. The fourth-order valence-electron chi connectivity index (χ4n) is 1.93. The highest BCUT2D eigenvalue weighted by molar-refractivity contribution is 9.10. The number of esters is 1. The van der Waals surface area contributed by atoms with Gasteiger partial charge in [0.1, 0.15) is 0 Å². The Hall–Kier alpha value is -1.26. The number of aryl methyl sites for hydroxylation is 2. The van der Waals surface area contributed by atoms with Crippen molar-refractivity contribution in [3.05, 3.63) is 63.1 Å². The maximum Gasteiger partial charge on any atom is 0.337 e. The molecule has 0 amide bonds. The molecule has 0 spiro atoms. The Kier molecular flexibility index (Phi) is 5.48. The van der Waals surface area contributed by atoms with E-state index in [9.17, 15) is 4.79 Å². The molecule has 0 heterocycles. The summed E-state index contributed by atoms with van der Waals surface area (Å²) in [5.74, 6) is 0.538. The van der Waals surface area contributed by atoms with E-state index >= 15 is 0 Å². The van der Waals surface area contributed by atoms with Gasteiger partial charge >= 0.3 is 5.97 Å². The number of thioether (sulfide) groups is 1. The van der Waals surface area contributed by atoms with E-state index in [0.29, 0.717) is 5.56 Å². The van der Waals surface area contributed by atoms with Crippen molar-refractivity contribution in [1.29, 1.82) is 0 Å². The molecule has 0 saturated carbocycles. The van der Waals surface area contributed by atoms with E-state index in [1.807, 2.05) is 12.1 Å². The van der Waals surface area contributed by atoms with Crippen molar-refractivity contribution in [2.45, 2.75) is 24.5 Å². The number of rotatable bonds is 4. The molecule has 0 aliphatic carbocycles. The number of halogens is 1. The van der Waals surface area contributed by atoms with Crippen molar-refractivity contribution in [2.24, 2.45) is 0 Å². The van der Waals surface area contributed by atoms with Crippen molar-refractivity contribution in [2.75, 3.05) is 7.11 Å². The average Bonchev–Trinajstić information content (AvgIpc) is 2.48. The standard InChI is InChI=1S/C17H17BrO2S/c1-11-4-5-12(2)16(8-11)21-10-14-7-6-13(9-15(14)18)17(19)20-3/h4-9H,10H2,1-3H3. The molecule has 0 bridgehead atoms. The first kappa shape index (κ1) is 16.1. The zero-order valence-electron chi connectivity index (χ0n) is 12.3. The minimum absolute atomic E-state index is 0.315. The molecule has 0 saturated heterocycles. The molecule has 110 valence electrons. The molecule has 0 N–H and O–H groups in total. The van der Waals surface area contributed by atoms with Gasteiger partial charge in [-0.15, -0.1) is 11.8 Å². The fraction of sp³-hybridized carbons (Fsp3) is 0.235. The molecule has 2 aromatic rings. The second-order valence-corrected chi connectivity index (χ2v) is 6.73. The van der Waals surface area contributed by atoms with Gasteiger partial charge in [0, 0.05) is 15.1 Å². The van der Waals surface area contributed by atoms with Crippen LogP contribution >= 0.6 is 27.7 Å². The molecule has 0 aliphatic heterocycles. The number of benzene rings is 2. The van der Waals surface area contributed by atoms with Crippen LogP contribution in [-0.2, 0) is 10.5 Å². The Balaban J connectivity index is 2.13. The molecule has 2 aromatic carbocycles. The van der Waals surface area contributed by atoms with Crippen LogP contribution < -0.4 is 0 Å². The van der Waals surface area contributed by atoms with Gasteiger partial charge in [-0.05, 0) is 43.2 Å². The number of hydrogen-bond acceptors (Lipinski definition) is 3.